The maximum atomic E-state index is 12.7. The van der Waals surface area contributed by atoms with Crippen LogP contribution < -0.4 is 5.32 Å². The van der Waals surface area contributed by atoms with E-state index in [9.17, 15) is 13.2 Å². The number of hydrogen-bond acceptors (Lipinski definition) is 3. The summed E-state index contributed by atoms with van der Waals surface area (Å²) in [5.41, 5.74) is 1.11. The van der Waals surface area contributed by atoms with Crippen molar-refractivity contribution in [2.75, 3.05) is 18.4 Å². The van der Waals surface area contributed by atoms with Gasteiger partial charge in [0.2, 0.25) is 15.9 Å². The number of rotatable bonds is 5. The Morgan fingerprint density at radius 1 is 1.11 bits per heavy atom. The van der Waals surface area contributed by atoms with Gasteiger partial charge in [-0.2, -0.15) is 0 Å². The number of hydrogen-bond donors (Lipinski definition) is 1. The summed E-state index contributed by atoms with van der Waals surface area (Å²) in [6.07, 6.45) is 0.900. The summed E-state index contributed by atoms with van der Waals surface area (Å²) in [6.45, 7) is 0.620. The third-order valence-corrected chi connectivity index (χ3v) is 7.64. The van der Waals surface area contributed by atoms with Crippen LogP contribution >= 0.6 is 39.1 Å². The van der Waals surface area contributed by atoms with Crippen molar-refractivity contribution in [1.82, 2.24) is 4.31 Å². The summed E-state index contributed by atoms with van der Waals surface area (Å²) >= 11 is 15.5. The molecule has 3 rings (SSSR count). The number of anilines is 1. The fraction of sp³-hybridized carbons (Fsp3) is 0.316. The summed E-state index contributed by atoms with van der Waals surface area (Å²) < 4.78 is 27.7. The van der Waals surface area contributed by atoms with E-state index < -0.39 is 10.0 Å². The Morgan fingerprint density at radius 3 is 2.32 bits per heavy atom. The van der Waals surface area contributed by atoms with Crippen LogP contribution in [0.4, 0.5) is 5.69 Å². The molecule has 0 radical (unpaired) electrons. The van der Waals surface area contributed by atoms with Crippen LogP contribution in [0, 0.1) is 5.92 Å². The molecule has 1 heterocycles. The lowest BCUT2D eigenvalue weighted by Gasteiger charge is -2.30. The number of carbonyl (C=O) groups excluding carboxylic acids is 1. The second-order valence-corrected chi connectivity index (χ2v) is 10.3. The highest BCUT2D eigenvalue weighted by Gasteiger charge is 2.31. The minimum Gasteiger partial charge on any atom is -0.323 e. The number of halogens is 3. The van der Waals surface area contributed by atoms with E-state index >= 15 is 0 Å². The van der Waals surface area contributed by atoms with Crippen molar-refractivity contribution >= 4 is 60.7 Å². The maximum Gasteiger partial charge on any atom is 0.227 e. The molecule has 1 fully saturated rings. The second-order valence-electron chi connectivity index (χ2n) is 6.65. The molecule has 0 atom stereocenters. The molecule has 28 heavy (non-hydrogen) atoms. The molecule has 1 aliphatic heterocycles. The molecule has 5 nitrogen and oxygen atoms in total. The smallest absolute Gasteiger partial charge is 0.227 e. The molecule has 1 aliphatic rings. The van der Waals surface area contributed by atoms with Crippen LogP contribution in [0.25, 0.3) is 0 Å². The molecular formula is C19H19BrCl2N2O3S. The molecule has 2 aromatic carbocycles. The van der Waals surface area contributed by atoms with Gasteiger partial charge in [0.15, 0.2) is 0 Å². The van der Waals surface area contributed by atoms with E-state index in [1.54, 1.807) is 30.3 Å². The Bertz CT molecular complexity index is 957. The van der Waals surface area contributed by atoms with E-state index in [2.05, 4.69) is 21.2 Å². The highest BCUT2D eigenvalue weighted by Crippen LogP contribution is 2.31. The summed E-state index contributed by atoms with van der Waals surface area (Å²) in [7, 11) is -3.44. The number of piperidine rings is 1. The van der Waals surface area contributed by atoms with Crippen molar-refractivity contribution in [3.63, 3.8) is 0 Å². The van der Waals surface area contributed by atoms with Crippen LogP contribution in [0.1, 0.15) is 18.4 Å². The number of amides is 1. The van der Waals surface area contributed by atoms with Crippen molar-refractivity contribution in [2.24, 2.45) is 5.92 Å². The van der Waals surface area contributed by atoms with Crippen molar-refractivity contribution in [3.8, 4) is 0 Å². The van der Waals surface area contributed by atoms with Crippen molar-refractivity contribution < 1.29 is 13.2 Å². The minimum atomic E-state index is -3.44. The molecule has 0 bridgehead atoms. The third-order valence-electron chi connectivity index (χ3n) is 4.67. The molecule has 1 amide bonds. The first kappa shape index (κ1) is 21.6. The SMILES string of the molecule is O=C(Nc1c(Cl)cccc1Cl)C1CCN(S(=O)(=O)Cc2cccc(Br)c2)CC1. The number of para-hydroxylation sites is 1. The Hall–Kier alpha value is -1.12. The van der Waals surface area contributed by atoms with Gasteiger partial charge in [-0.05, 0) is 42.7 Å². The number of sulfonamides is 1. The molecule has 0 aliphatic carbocycles. The van der Waals surface area contributed by atoms with Crippen LogP contribution in [0.3, 0.4) is 0 Å². The molecule has 9 heteroatoms. The molecule has 0 saturated carbocycles. The lowest BCUT2D eigenvalue weighted by Crippen LogP contribution is -2.41. The summed E-state index contributed by atoms with van der Waals surface area (Å²) in [6, 6.07) is 12.3. The van der Waals surface area contributed by atoms with Crippen molar-refractivity contribution in [2.45, 2.75) is 18.6 Å². The van der Waals surface area contributed by atoms with Crippen molar-refractivity contribution in [3.05, 3.63) is 62.5 Å². The molecule has 0 aromatic heterocycles. The summed E-state index contributed by atoms with van der Waals surface area (Å²) in [5.74, 6) is -0.540. The van der Waals surface area contributed by atoms with Gasteiger partial charge in [-0.1, -0.05) is 57.3 Å². The Labute approximate surface area is 183 Å². The molecule has 2 aromatic rings. The summed E-state index contributed by atoms with van der Waals surface area (Å²) in [5, 5.41) is 3.51. The predicted octanol–water partition coefficient (Wildman–Crippen LogP) is 4.94. The lowest BCUT2D eigenvalue weighted by molar-refractivity contribution is -0.120. The highest BCUT2D eigenvalue weighted by atomic mass is 79.9. The van der Waals surface area contributed by atoms with Gasteiger partial charge in [-0.3, -0.25) is 4.79 Å². The third kappa shape index (κ3) is 5.27. The van der Waals surface area contributed by atoms with Gasteiger partial charge in [-0.25, -0.2) is 12.7 Å². The molecule has 0 unspecified atom stereocenters. The first-order chi connectivity index (χ1) is 13.3. The zero-order chi connectivity index (χ0) is 20.3. The predicted molar refractivity (Wildman–Crippen MR) is 116 cm³/mol. The van der Waals surface area contributed by atoms with Crippen LogP contribution in [0.2, 0.25) is 10.0 Å². The van der Waals surface area contributed by atoms with Crippen LogP contribution in [-0.4, -0.2) is 31.7 Å². The first-order valence-electron chi connectivity index (χ1n) is 8.73. The van der Waals surface area contributed by atoms with E-state index in [1.807, 2.05) is 12.1 Å². The molecule has 1 N–H and O–H groups in total. The normalized spacial score (nSPS) is 16.1. The van der Waals surface area contributed by atoms with Gasteiger partial charge >= 0.3 is 0 Å². The summed E-state index contributed by atoms with van der Waals surface area (Å²) in [4.78, 5) is 12.6. The quantitative estimate of drug-likeness (QED) is 0.626. The van der Waals surface area contributed by atoms with Gasteiger partial charge in [0.05, 0.1) is 21.5 Å². The number of carbonyl (C=O) groups is 1. The molecule has 0 spiro atoms. The van der Waals surface area contributed by atoms with E-state index in [0.717, 1.165) is 10.0 Å². The monoisotopic (exact) mass is 504 g/mol. The van der Waals surface area contributed by atoms with Gasteiger partial charge in [-0.15, -0.1) is 0 Å². The fourth-order valence-electron chi connectivity index (χ4n) is 3.17. The van der Waals surface area contributed by atoms with Gasteiger partial charge < -0.3 is 5.32 Å². The van der Waals surface area contributed by atoms with Crippen molar-refractivity contribution in [1.29, 1.82) is 0 Å². The van der Waals surface area contributed by atoms with E-state index in [4.69, 9.17) is 23.2 Å². The Morgan fingerprint density at radius 2 is 1.71 bits per heavy atom. The topological polar surface area (TPSA) is 66.5 Å². The lowest BCUT2D eigenvalue weighted by atomic mass is 9.97. The molecular weight excluding hydrogens is 487 g/mol. The average Bonchev–Trinajstić information content (AvgIpc) is 2.64. The average molecular weight is 506 g/mol. The fourth-order valence-corrected chi connectivity index (χ4v) is 5.66. The maximum absolute atomic E-state index is 12.7. The number of nitrogens with one attached hydrogen (secondary N) is 1. The first-order valence-corrected chi connectivity index (χ1v) is 11.9. The molecule has 1 saturated heterocycles. The molecule has 150 valence electrons. The standard InChI is InChI=1S/C19H19BrCl2N2O3S/c20-15-4-1-3-13(11-15)12-28(26,27)24-9-7-14(8-10-24)19(25)23-18-16(21)5-2-6-17(18)22/h1-6,11,14H,7-10,12H2,(H,23,25). The van der Waals surface area contributed by atoms with E-state index in [0.29, 0.717) is 41.7 Å². The van der Waals surface area contributed by atoms with Gasteiger partial charge in [0.25, 0.3) is 0 Å². The van der Waals surface area contributed by atoms with Crippen LogP contribution in [0.15, 0.2) is 46.9 Å². The highest BCUT2D eigenvalue weighted by molar-refractivity contribution is 9.10. The Kier molecular flexibility index (Phi) is 7.04. The zero-order valence-corrected chi connectivity index (χ0v) is 18.8. The minimum absolute atomic E-state index is 0.0570. The van der Waals surface area contributed by atoms with Crippen LogP contribution in [-0.2, 0) is 20.6 Å². The van der Waals surface area contributed by atoms with E-state index in [1.165, 1.54) is 4.31 Å². The number of nitrogens with zero attached hydrogens (tertiary/aromatic N) is 1. The largest absolute Gasteiger partial charge is 0.323 e. The van der Waals surface area contributed by atoms with Crippen LogP contribution in [0.5, 0.6) is 0 Å². The zero-order valence-electron chi connectivity index (χ0n) is 14.9. The van der Waals surface area contributed by atoms with Gasteiger partial charge in [0, 0.05) is 23.5 Å². The van der Waals surface area contributed by atoms with Gasteiger partial charge in [0.1, 0.15) is 0 Å². The van der Waals surface area contributed by atoms with E-state index in [-0.39, 0.29) is 17.6 Å². The Balaban J connectivity index is 1.60. The second kappa shape index (κ2) is 9.13. The number of benzene rings is 2.